The van der Waals surface area contributed by atoms with Crippen molar-refractivity contribution in [1.82, 2.24) is 10.2 Å². The van der Waals surface area contributed by atoms with Gasteiger partial charge < -0.3 is 10.4 Å². The van der Waals surface area contributed by atoms with Crippen LogP contribution in [0.4, 0.5) is 0 Å². The van der Waals surface area contributed by atoms with Gasteiger partial charge in [-0.15, -0.1) is 0 Å². The van der Waals surface area contributed by atoms with Gasteiger partial charge in [-0.05, 0) is 47.9 Å². The number of hydrogen-bond donors (Lipinski definition) is 2. The molecule has 0 saturated carbocycles. The maximum absolute atomic E-state index is 12.1. The summed E-state index contributed by atoms with van der Waals surface area (Å²) in [4.78, 5) is 25.2. The zero-order chi connectivity index (χ0) is 17.8. The van der Waals surface area contributed by atoms with Gasteiger partial charge in [-0.2, -0.15) is 0 Å². The molecule has 2 N–H and O–H groups in total. The highest BCUT2D eigenvalue weighted by atomic mass is 35.5. The minimum atomic E-state index is -1.00. The van der Waals surface area contributed by atoms with Gasteiger partial charge in [0.15, 0.2) is 0 Å². The summed E-state index contributed by atoms with van der Waals surface area (Å²) in [6.45, 7) is 3.04. The summed E-state index contributed by atoms with van der Waals surface area (Å²) >= 11 is 6.22. The number of halogens is 1. The van der Waals surface area contributed by atoms with E-state index in [0.29, 0.717) is 12.1 Å². The summed E-state index contributed by atoms with van der Waals surface area (Å²) < 4.78 is 0. The zero-order valence-electron chi connectivity index (χ0n) is 13.7. The predicted molar refractivity (Wildman–Crippen MR) is 96.2 cm³/mol. The summed E-state index contributed by atoms with van der Waals surface area (Å²) in [7, 11) is 0. The number of nitrogens with zero attached hydrogens (tertiary/aromatic N) is 1. The lowest BCUT2D eigenvalue weighted by Crippen LogP contribution is -2.37. The number of carboxylic acid groups (broad SMARTS) is 1. The standard InChI is InChI=1S/C19H19ClN2O3/c20-17-3-1-2-15-12-22(10-8-16(15)17)11-9-21-18(23)13-4-6-14(7-5-13)19(24)25/h1-7H,8-12H2,(H,21,23)(H,24,25). The van der Waals surface area contributed by atoms with Crippen LogP contribution < -0.4 is 5.32 Å². The van der Waals surface area contributed by atoms with Crippen LogP contribution in [-0.2, 0) is 13.0 Å². The van der Waals surface area contributed by atoms with Crippen molar-refractivity contribution < 1.29 is 14.7 Å². The van der Waals surface area contributed by atoms with Gasteiger partial charge in [-0.25, -0.2) is 4.79 Å². The van der Waals surface area contributed by atoms with Gasteiger partial charge in [0.25, 0.3) is 5.91 Å². The SMILES string of the molecule is O=C(O)c1ccc(C(=O)NCCN2CCc3c(Cl)cccc3C2)cc1. The molecule has 0 fully saturated rings. The molecule has 1 aliphatic heterocycles. The highest BCUT2D eigenvalue weighted by Crippen LogP contribution is 2.25. The Kier molecular flexibility index (Phi) is 5.36. The molecule has 6 heteroatoms. The first-order chi connectivity index (χ1) is 12.0. The molecule has 1 aliphatic rings. The van der Waals surface area contributed by atoms with Gasteiger partial charge in [-0.1, -0.05) is 23.7 Å². The van der Waals surface area contributed by atoms with Crippen molar-refractivity contribution >= 4 is 23.5 Å². The lowest BCUT2D eigenvalue weighted by Gasteiger charge is -2.29. The van der Waals surface area contributed by atoms with Crippen LogP contribution in [0.5, 0.6) is 0 Å². The number of hydrogen-bond acceptors (Lipinski definition) is 3. The molecule has 1 amide bonds. The fourth-order valence-corrected chi connectivity index (χ4v) is 3.29. The van der Waals surface area contributed by atoms with Crippen molar-refractivity contribution in [2.24, 2.45) is 0 Å². The number of carbonyl (C=O) groups is 2. The van der Waals surface area contributed by atoms with E-state index in [1.165, 1.54) is 35.4 Å². The molecular formula is C19H19ClN2O3. The van der Waals surface area contributed by atoms with Crippen molar-refractivity contribution in [3.8, 4) is 0 Å². The van der Waals surface area contributed by atoms with E-state index < -0.39 is 5.97 Å². The monoisotopic (exact) mass is 358 g/mol. The maximum atomic E-state index is 12.1. The molecule has 0 aromatic heterocycles. The second kappa shape index (κ2) is 7.68. The topological polar surface area (TPSA) is 69.6 Å². The first kappa shape index (κ1) is 17.5. The molecule has 0 radical (unpaired) electrons. The summed E-state index contributed by atoms with van der Waals surface area (Å²) in [6.07, 6.45) is 0.916. The number of carbonyl (C=O) groups excluding carboxylic acids is 1. The van der Waals surface area contributed by atoms with Crippen LogP contribution >= 0.6 is 11.6 Å². The van der Waals surface area contributed by atoms with Crippen LogP contribution in [-0.4, -0.2) is 41.5 Å². The molecule has 0 saturated heterocycles. The smallest absolute Gasteiger partial charge is 0.335 e. The molecule has 0 unspecified atom stereocenters. The normalized spacial score (nSPS) is 14.0. The Bertz CT molecular complexity index is 790. The fraction of sp³-hybridized carbons (Fsp3) is 0.263. The van der Waals surface area contributed by atoms with E-state index in [9.17, 15) is 9.59 Å². The second-order valence-corrected chi connectivity index (χ2v) is 6.45. The second-order valence-electron chi connectivity index (χ2n) is 6.04. The lowest BCUT2D eigenvalue weighted by atomic mass is 10.00. The summed E-state index contributed by atoms with van der Waals surface area (Å²) in [6, 6.07) is 11.9. The van der Waals surface area contributed by atoms with E-state index in [1.807, 2.05) is 12.1 Å². The van der Waals surface area contributed by atoms with Gasteiger partial charge in [0.2, 0.25) is 0 Å². The van der Waals surface area contributed by atoms with Crippen LogP contribution in [0, 0.1) is 0 Å². The largest absolute Gasteiger partial charge is 0.478 e. The van der Waals surface area contributed by atoms with E-state index in [2.05, 4.69) is 16.3 Å². The van der Waals surface area contributed by atoms with Crippen molar-refractivity contribution in [2.75, 3.05) is 19.6 Å². The lowest BCUT2D eigenvalue weighted by molar-refractivity contribution is 0.0696. The van der Waals surface area contributed by atoms with E-state index in [4.69, 9.17) is 16.7 Å². The van der Waals surface area contributed by atoms with Crippen LogP contribution in [0.3, 0.4) is 0 Å². The summed E-state index contributed by atoms with van der Waals surface area (Å²) in [5.74, 6) is -1.20. The Balaban J connectivity index is 1.50. The predicted octanol–water partition coefficient (Wildman–Crippen LogP) is 2.83. The van der Waals surface area contributed by atoms with E-state index in [0.717, 1.165) is 31.1 Å². The Labute approximate surface area is 151 Å². The molecule has 25 heavy (non-hydrogen) atoms. The van der Waals surface area contributed by atoms with Gasteiger partial charge in [0, 0.05) is 36.8 Å². The van der Waals surface area contributed by atoms with Crippen molar-refractivity contribution in [1.29, 1.82) is 0 Å². The van der Waals surface area contributed by atoms with Crippen LogP contribution in [0.2, 0.25) is 5.02 Å². The number of rotatable bonds is 5. The first-order valence-corrected chi connectivity index (χ1v) is 8.52. The number of fused-ring (bicyclic) bond motifs is 1. The van der Waals surface area contributed by atoms with E-state index in [-0.39, 0.29) is 11.5 Å². The number of carboxylic acids is 1. The highest BCUT2D eigenvalue weighted by molar-refractivity contribution is 6.31. The minimum absolute atomic E-state index is 0.169. The zero-order valence-corrected chi connectivity index (χ0v) is 14.4. The average molecular weight is 359 g/mol. The van der Waals surface area contributed by atoms with Gasteiger partial charge in [0.1, 0.15) is 0 Å². The number of aromatic carboxylic acids is 1. The van der Waals surface area contributed by atoms with Gasteiger partial charge in [0.05, 0.1) is 5.56 Å². The number of nitrogens with one attached hydrogen (secondary N) is 1. The van der Waals surface area contributed by atoms with E-state index >= 15 is 0 Å². The quantitative estimate of drug-likeness (QED) is 0.862. The Morgan fingerprint density at radius 1 is 1.12 bits per heavy atom. The molecule has 2 aromatic carbocycles. The third kappa shape index (κ3) is 4.18. The minimum Gasteiger partial charge on any atom is -0.478 e. The molecule has 2 aromatic rings. The molecule has 0 aliphatic carbocycles. The molecular weight excluding hydrogens is 340 g/mol. The molecule has 0 spiro atoms. The van der Waals surface area contributed by atoms with Crippen LogP contribution in [0.15, 0.2) is 42.5 Å². The van der Waals surface area contributed by atoms with Crippen molar-refractivity contribution in [3.05, 3.63) is 69.7 Å². The third-order valence-corrected chi connectivity index (χ3v) is 4.75. The molecule has 0 bridgehead atoms. The maximum Gasteiger partial charge on any atom is 0.335 e. The molecule has 0 atom stereocenters. The molecule has 130 valence electrons. The Morgan fingerprint density at radius 2 is 1.84 bits per heavy atom. The highest BCUT2D eigenvalue weighted by Gasteiger charge is 2.18. The molecule has 5 nitrogen and oxygen atoms in total. The average Bonchev–Trinajstić information content (AvgIpc) is 2.62. The fourth-order valence-electron chi connectivity index (χ4n) is 3.01. The molecule has 3 rings (SSSR count). The van der Waals surface area contributed by atoms with Gasteiger partial charge >= 0.3 is 5.97 Å². The molecule has 1 heterocycles. The van der Waals surface area contributed by atoms with E-state index in [1.54, 1.807) is 0 Å². The Hall–Kier alpha value is -2.37. The first-order valence-electron chi connectivity index (χ1n) is 8.15. The number of amides is 1. The Morgan fingerprint density at radius 3 is 2.56 bits per heavy atom. The summed E-state index contributed by atoms with van der Waals surface area (Å²) in [5, 5.41) is 12.6. The summed E-state index contributed by atoms with van der Waals surface area (Å²) in [5.41, 5.74) is 3.10. The van der Waals surface area contributed by atoms with Gasteiger partial charge in [-0.3, -0.25) is 9.69 Å². The van der Waals surface area contributed by atoms with Crippen molar-refractivity contribution in [2.45, 2.75) is 13.0 Å². The van der Waals surface area contributed by atoms with Crippen LogP contribution in [0.25, 0.3) is 0 Å². The van der Waals surface area contributed by atoms with Crippen molar-refractivity contribution in [3.63, 3.8) is 0 Å². The number of benzene rings is 2. The van der Waals surface area contributed by atoms with Crippen LogP contribution in [0.1, 0.15) is 31.8 Å². The third-order valence-electron chi connectivity index (χ3n) is 4.40.